The van der Waals surface area contributed by atoms with Crippen LogP contribution in [0, 0.1) is 0 Å². The molecule has 0 heterocycles. The minimum Gasteiger partial charge on any atom is -0.350 e. The first-order valence-electron chi connectivity index (χ1n) is 5.19. The van der Waals surface area contributed by atoms with Crippen molar-refractivity contribution in [3.05, 3.63) is 0 Å². The summed E-state index contributed by atoms with van der Waals surface area (Å²) in [6.07, 6.45) is 1.91. The van der Waals surface area contributed by atoms with Crippen molar-refractivity contribution in [1.82, 2.24) is 10.6 Å². The van der Waals surface area contributed by atoms with Gasteiger partial charge in [-0.3, -0.25) is 9.59 Å². The van der Waals surface area contributed by atoms with Gasteiger partial charge in [0.25, 0.3) is 0 Å². The Morgan fingerprint density at radius 1 is 1.27 bits per heavy atom. The third-order valence-electron chi connectivity index (χ3n) is 1.98. The molecule has 0 saturated carbocycles. The van der Waals surface area contributed by atoms with E-state index in [2.05, 4.69) is 17.6 Å². The predicted molar refractivity (Wildman–Crippen MR) is 59.2 cm³/mol. The van der Waals surface area contributed by atoms with Crippen LogP contribution in [-0.4, -0.2) is 30.4 Å². The Balaban J connectivity index is 3.87. The summed E-state index contributed by atoms with van der Waals surface area (Å²) >= 11 is 0. The Morgan fingerprint density at radius 3 is 2.33 bits per heavy atom. The highest BCUT2D eigenvalue weighted by molar-refractivity contribution is 5.85. The quantitative estimate of drug-likeness (QED) is 0.571. The van der Waals surface area contributed by atoms with Gasteiger partial charge >= 0.3 is 0 Å². The van der Waals surface area contributed by atoms with E-state index in [0.29, 0.717) is 0 Å². The van der Waals surface area contributed by atoms with Crippen LogP contribution in [0.1, 0.15) is 33.6 Å². The number of amides is 2. The fourth-order valence-electron chi connectivity index (χ4n) is 1.36. The van der Waals surface area contributed by atoms with Crippen molar-refractivity contribution in [2.45, 2.75) is 39.2 Å². The Kier molecular flexibility index (Phi) is 5.93. The van der Waals surface area contributed by atoms with E-state index in [1.54, 1.807) is 0 Å². The molecule has 0 bridgehead atoms. The van der Waals surface area contributed by atoms with Gasteiger partial charge in [-0.2, -0.15) is 0 Å². The van der Waals surface area contributed by atoms with Gasteiger partial charge in [0, 0.05) is 5.54 Å². The van der Waals surface area contributed by atoms with Gasteiger partial charge in [-0.15, -0.1) is 0 Å². The molecule has 0 atom stereocenters. The summed E-state index contributed by atoms with van der Waals surface area (Å²) in [6, 6.07) is 0. The Labute approximate surface area is 90.8 Å². The predicted octanol–water partition coefficient (Wildman–Crippen LogP) is -0.244. The van der Waals surface area contributed by atoms with Crippen LogP contribution < -0.4 is 16.4 Å². The van der Waals surface area contributed by atoms with Gasteiger partial charge < -0.3 is 16.4 Å². The van der Waals surface area contributed by atoms with E-state index < -0.39 is 0 Å². The van der Waals surface area contributed by atoms with Crippen LogP contribution >= 0.6 is 0 Å². The lowest BCUT2D eigenvalue weighted by atomic mass is 9.99. The van der Waals surface area contributed by atoms with Crippen LogP contribution in [-0.2, 0) is 9.59 Å². The van der Waals surface area contributed by atoms with Crippen molar-refractivity contribution in [2.24, 2.45) is 5.73 Å². The highest BCUT2D eigenvalue weighted by Gasteiger charge is 2.18. The van der Waals surface area contributed by atoms with E-state index in [1.807, 2.05) is 13.8 Å². The molecular formula is C10H21N3O2. The zero-order chi connectivity index (χ0) is 11.9. The highest BCUT2D eigenvalue weighted by atomic mass is 16.2. The van der Waals surface area contributed by atoms with Crippen molar-refractivity contribution in [1.29, 1.82) is 0 Å². The van der Waals surface area contributed by atoms with E-state index in [4.69, 9.17) is 5.73 Å². The average molecular weight is 215 g/mol. The minimum atomic E-state index is -0.321. The summed E-state index contributed by atoms with van der Waals surface area (Å²) in [5.41, 5.74) is 4.87. The molecule has 0 aromatic heterocycles. The molecule has 0 aromatic carbocycles. The second-order valence-corrected chi connectivity index (χ2v) is 4.16. The van der Waals surface area contributed by atoms with Crippen LogP contribution in [0.2, 0.25) is 0 Å². The maximum atomic E-state index is 11.4. The molecule has 5 nitrogen and oxygen atoms in total. The summed E-state index contributed by atoms with van der Waals surface area (Å²) in [7, 11) is 0. The Hall–Kier alpha value is -1.10. The third-order valence-corrected chi connectivity index (χ3v) is 1.98. The molecular weight excluding hydrogens is 194 g/mol. The molecule has 0 spiro atoms. The Morgan fingerprint density at radius 2 is 1.87 bits per heavy atom. The normalized spacial score (nSPS) is 10.9. The molecule has 0 unspecified atom stereocenters. The Bertz CT molecular complexity index is 227. The molecule has 88 valence electrons. The van der Waals surface area contributed by atoms with Crippen LogP contribution in [0.5, 0.6) is 0 Å². The smallest absolute Gasteiger partial charge is 0.239 e. The van der Waals surface area contributed by atoms with Gasteiger partial charge in [-0.1, -0.05) is 13.3 Å². The SMILES string of the molecule is CCCC(C)(C)NC(=O)CNC(=O)CN. The molecule has 0 aliphatic rings. The highest BCUT2D eigenvalue weighted by Crippen LogP contribution is 2.09. The number of nitrogens with one attached hydrogen (secondary N) is 2. The fraction of sp³-hybridized carbons (Fsp3) is 0.800. The molecule has 0 saturated heterocycles. The zero-order valence-electron chi connectivity index (χ0n) is 9.72. The van der Waals surface area contributed by atoms with E-state index in [-0.39, 0.29) is 30.4 Å². The van der Waals surface area contributed by atoms with Crippen LogP contribution in [0.15, 0.2) is 0 Å². The van der Waals surface area contributed by atoms with Crippen molar-refractivity contribution < 1.29 is 9.59 Å². The zero-order valence-corrected chi connectivity index (χ0v) is 9.72. The first-order valence-corrected chi connectivity index (χ1v) is 5.19. The maximum Gasteiger partial charge on any atom is 0.239 e. The topological polar surface area (TPSA) is 84.2 Å². The maximum absolute atomic E-state index is 11.4. The molecule has 0 aromatic rings. The summed E-state index contributed by atoms with van der Waals surface area (Å²) < 4.78 is 0. The molecule has 5 heteroatoms. The van der Waals surface area contributed by atoms with E-state index in [1.165, 1.54) is 0 Å². The lowest BCUT2D eigenvalue weighted by Gasteiger charge is -2.25. The molecule has 2 amide bonds. The number of rotatable bonds is 6. The number of hydrogen-bond acceptors (Lipinski definition) is 3. The minimum absolute atomic E-state index is 0.0107. The lowest BCUT2D eigenvalue weighted by Crippen LogP contribution is -2.48. The second-order valence-electron chi connectivity index (χ2n) is 4.16. The van der Waals surface area contributed by atoms with Crippen LogP contribution in [0.3, 0.4) is 0 Å². The molecule has 4 N–H and O–H groups in total. The summed E-state index contributed by atoms with van der Waals surface area (Å²) in [5.74, 6) is -0.506. The average Bonchev–Trinajstić information content (AvgIpc) is 2.13. The lowest BCUT2D eigenvalue weighted by molar-refractivity contribution is -0.126. The van der Waals surface area contributed by atoms with Gasteiger partial charge in [0.15, 0.2) is 0 Å². The molecule has 0 radical (unpaired) electrons. The monoisotopic (exact) mass is 215 g/mol. The number of carbonyl (C=O) groups excluding carboxylic acids is 2. The van der Waals surface area contributed by atoms with E-state index in [0.717, 1.165) is 12.8 Å². The van der Waals surface area contributed by atoms with E-state index in [9.17, 15) is 9.59 Å². The van der Waals surface area contributed by atoms with Gasteiger partial charge in [-0.05, 0) is 20.3 Å². The summed E-state index contributed by atoms with van der Waals surface area (Å²) in [6.45, 7) is 5.87. The summed E-state index contributed by atoms with van der Waals surface area (Å²) in [4.78, 5) is 22.2. The third kappa shape index (κ3) is 6.90. The molecule has 15 heavy (non-hydrogen) atoms. The fourth-order valence-corrected chi connectivity index (χ4v) is 1.36. The molecule has 0 fully saturated rings. The van der Waals surface area contributed by atoms with Crippen LogP contribution in [0.25, 0.3) is 0 Å². The standard InChI is InChI=1S/C10H21N3O2/c1-4-5-10(2,3)13-9(15)7-12-8(14)6-11/h4-7,11H2,1-3H3,(H,12,14)(H,13,15). The number of carbonyl (C=O) groups is 2. The van der Waals surface area contributed by atoms with Crippen LogP contribution in [0.4, 0.5) is 0 Å². The van der Waals surface area contributed by atoms with Crippen molar-refractivity contribution >= 4 is 11.8 Å². The molecule has 0 rings (SSSR count). The van der Waals surface area contributed by atoms with Gasteiger partial charge in [-0.25, -0.2) is 0 Å². The van der Waals surface area contributed by atoms with E-state index >= 15 is 0 Å². The molecule has 0 aliphatic heterocycles. The number of hydrogen-bond donors (Lipinski definition) is 3. The summed E-state index contributed by atoms with van der Waals surface area (Å²) in [5, 5.41) is 5.26. The first kappa shape index (κ1) is 13.9. The van der Waals surface area contributed by atoms with Gasteiger partial charge in [0.1, 0.15) is 0 Å². The van der Waals surface area contributed by atoms with Crippen molar-refractivity contribution in [3.8, 4) is 0 Å². The van der Waals surface area contributed by atoms with Crippen molar-refractivity contribution in [2.75, 3.05) is 13.1 Å². The first-order chi connectivity index (χ1) is 6.91. The largest absolute Gasteiger partial charge is 0.350 e. The molecule has 0 aliphatic carbocycles. The van der Waals surface area contributed by atoms with Gasteiger partial charge in [0.2, 0.25) is 11.8 Å². The second kappa shape index (κ2) is 6.40. The van der Waals surface area contributed by atoms with Crippen molar-refractivity contribution in [3.63, 3.8) is 0 Å². The van der Waals surface area contributed by atoms with Gasteiger partial charge in [0.05, 0.1) is 13.1 Å². The number of nitrogens with two attached hydrogens (primary N) is 1.